The van der Waals surface area contributed by atoms with Crippen LogP contribution in [0.4, 0.5) is 14.4 Å². The van der Waals surface area contributed by atoms with Gasteiger partial charge in [0.15, 0.2) is 0 Å². The summed E-state index contributed by atoms with van der Waals surface area (Å²) in [5.41, 5.74) is 5.41. The minimum atomic E-state index is -0.760. The zero-order chi connectivity index (χ0) is 12.8. The van der Waals surface area contributed by atoms with Gasteiger partial charge >= 0.3 is 24.1 Å². The van der Waals surface area contributed by atoms with E-state index in [1.807, 2.05) is 0 Å². The molecule has 0 saturated carbocycles. The van der Waals surface area contributed by atoms with Gasteiger partial charge in [-0.1, -0.05) is 29.3 Å². The third kappa shape index (κ3) is 5.51. The SMILES string of the molecule is CS[O+]=C(NC(N)=O)Nc1c(Cl)cccc1Cl.[I-]. The van der Waals surface area contributed by atoms with E-state index in [0.717, 1.165) is 12.0 Å². The summed E-state index contributed by atoms with van der Waals surface area (Å²) in [5.74, 6) is 0. The Morgan fingerprint density at radius 1 is 1.39 bits per heavy atom. The summed E-state index contributed by atoms with van der Waals surface area (Å²) in [6.45, 7) is 0. The van der Waals surface area contributed by atoms with Crippen molar-refractivity contribution in [2.75, 3.05) is 11.6 Å². The quantitative estimate of drug-likeness (QED) is 0.357. The number of imide groups is 1. The number of halogens is 3. The Hall–Kier alpha value is -0.380. The van der Waals surface area contributed by atoms with Crippen molar-refractivity contribution >= 4 is 53.0 Å². The lowest BCUT2D eigenvalue weighted by Gasteiger charge is -2.05. The maximum absolute atomic E-state index is 10.7. The molecule has 0 aliphatic heterocycles. The van der Waals surface area contributed by atoms with Crippen LogP contribution in [0.25, 0.3) is 0 Å². The zero-order valence-corrected chi connectivity index (χ0v) is 13.7. The standard InChI is InChI=1S/C9H9Cl2N3O2S.HI/c1-17-16-9(14-8(12)15)13-7-5(10)3-2-4-6(7)11;/h2-4,13H,1H3,(H2-,12,14,15);1H. The molecule has 1 rings (SSSR count). The highest BCUT2D eigenvalue weighted by Crippen LogP contribution is 2.29. The molecule has 0 heterocycles. The Balaban J connectivity index is 0.00000289. The van der Waals surface area contributed by atoms with Crippen LogP contribution in [-0.2, 0) is 0 Å². The van der Waals surface area contributed by atoms with Gasteiger partial charge in [-0.05, 0) is 12.1 Å². The molecule has 4 amide bonds. The molecule has 1 aromatic rings. The predicted octanol–water partition coefficient (Wildman–Crippen LogP) is 0.0113. The number of hydrogen-bond donors (Lipinski definition) is 3. The van der Waals surface area contributed by atoms with E-state index < -0.39 is 6.03 Å². The lowest BCUT2D eigenvalue weighted by Crippen LogP contribution is -3.00. The van der Waals surface area contributed by atoms with Crippen LogP contribution in [-0.4, -0.2) is 18.3 Å². The van der Waals surface area contributed by atoms with Gasteiger partial charge in [0.1, 0.15) is 0 Å². The van der Waals surface area contributed by atoms with Gasteiger partial charge in [0.2, 0.25) is 0 Å². The Morgan fingerprint density at radius 3 is 2.39 bits per heavy atom. The number of primary amides is 1. The highest BCUT2D eigenvalue weighted by atomic mass is 127. The molecular weight excluding hydrogens is 412 g/mol. The summed E-state index contributed by atoms with van der Waals surface area (Å²) < 4.78 is 5.06. The van der Waals surface area contributed by atoms with Gasteiger partial charge in [0.05, 0.1) is 22.0 Å². The average molecular weight is 422 g/mol. The van der Waals surface area contributed by atoms with Gasteiger partial charge in [-0.15, -0.1) is 3.87 Å². The Labute approximate surface area is 136 Å². The zero-order valence-electron chi connectivity index (χ0n) is 9.17. The number of rotatable bonds is 2. The first kappa shape index (κ1) is 17.6. The average Bonchev–Trinajstić information content (AvgIpc) is 2.23. The van der Waals surface area contributed by atoms with E-state index in [1.165, 1.54) is 0 Å². The Bertz CT molecular complexity index is 439. The smallest absolute Gasteiger partial charge is 0.532 e. The van der Waals surface area contributed by atoms with Crippen molar-refractivity contribution < 1.29 is 32.6 Å². The van der Waals surface area contributed by atoms with E-state index in [2.05, 4.69) is 10.6 Å². The third-order valence-corrected chi connectivity index (χ3v) is 2.57. The fraction of sp³-hybridized carbons (Fsp3) is 0.111. The van der Waals surface area contributed by atoms with Crippen LogP contribution in [0.1, 0.15) is 0 Å². The summed E-state index contributed by atoms with van der Waals surface area (Å²) in [4.78, 5) is 10.7. The van der Waals surface area contributed by atoms with Crippen molar-refractivity contribution in [2.24, 2.45) is 5.73 Å². The monoisotopic (exact) mass is 421 g/mol. The van der Waals surface area contributed by atoms with Crippen LogP contribution >= 0.6 is 35.2 Å². The molecule has 0 fully saturated rings. The van der Waals surface area contributed by atoms with Crippen molar-refractivity contribution in [3.63, 3.8) is 0 Å². The van der Waals surface area contributed by atoms with E-state index in [4.69, 9.17) is 32.8 Å². The fourth-order valence-electron chi connectivity index (χ4n) is 0.999. The number of carbonyl (C=O) groups excluding carboxylic acids is 2. The molecule has 0 unspecified atom stereocenters. The number of carbonyl (C=O) groups is 1. The van der Waals surface area contributed by atoms with Gasteiger partial charge < -0.3 is 29.7 Å². The lowest BCUT2D eigenvalue weighted by molar-refractivity contribution is -0.0000130. The molecule has 0 radical (unpaired) electrons. The van der Waals surface area contributed by atoms with Gasteiger partial charge in [0.25, 0.3) is 0 Å². The maximum Gasteiger partial charge on any atom is 0.532 e. The molecule has 9 heteroatoms. The van der Waals surface area contributed by atoms with Crippen LogP contribution in [0.3, 0.4) is 0 Å². The van der Waals surface area contributed by atoms with Crippen LogP contribution in [0.5, 0.6) is 0 Å². The molecule has 0 aliphatic carbocycles. The predicted molar refractivity (Wildman–Crippen MR) is 71.7 cm³/mol. The van der Waals surface area contributed by atoms with Crippen molar-refractivity contribution in [2.45, 2.75) is 0 Å². The summed E-state index contributed by atoms with van der Waals surface area (Å²) in [7, 11) is 0. The number of anilines is 1. The first-order valence-corrected chi connectivity index (χ1v) is 6.30. The highest BCUT2D eigenvalue weighted by molar-refractivity contribution is 7.92. The molecule has 0 aromatic heterocycles. The minimum absolute atomic E-state index is 0. The fourth-order valence-corrected chi connectivity index (χ4v) is 1.74. The van der Waals surface area contributed by atoms with Crippen LogP contribution in [0.15, 0.2) is 18.2 Å². The van der Waals surface area contributed by atoms with Crippen molar-refractivity contribution in [1.29, 1.82) is 0 Å². The molecule has 0 spiro atoms. The normalized spacial score (nSPS) is 10.5. The molecule has 0 bridgehead atoms. The number of nitrogens with one attached hydrogen (secondary N) is 2. The highest BCUT2D eigenvalue weighted by Gasteiger charge is 2.18. The van der Waals surface area contributed by atoms with Gasteiger partial charge in [-0.2, -0.15) is 0 Å². The molecular formula is C9H10Cl2IN3O2S. The lowest BCUT2D eigenvalue weighted by atomic mass is 10.3. The molecule has 18 heavy (non-hydrogen) atoms. The van der Waals surface area contributed by atoms with Crippen molar-refractivity contribution in [3.8, 4) is 0 Å². The minimum Gasteiger partial charge on any atom is -1.00 e. The van der Waals surface area contributed by atoms with Gasteiger partial charge in [0, 0.05) is 0 Å². The van der Waals surface area contributed by atoms with E-state index in [9.17, 15) is 4.79 Å². The van der Waals surface area contributed by atoms with E-state index >= 15 is 0 Å². The van der Waals surface area contributed by atoms with Crippen molar-refractivity contribution in [1.82, 2.24) is 5.32 Å². The van der Waals surface area contributed by atoms with Crippen LogP contribution in [0.2, 0.25) is 10.0 Å². The molecule has 0 aliphatic rings. The molecule has 4 N–H and O–H groups in total. The molecule has 0 atom stereocenters. The summed E-state index contributed by atoms with van der Waals surface area (Å²) in [5, 5.41) is 5.80. The molecule has 100 valence electrons. The summed E-state index contributed by atoms with van der Waals surface area (Å²) in [6, 6.07) is 4.28. The number of amides is 4. The first-order valence-electron chi connectivity index (χ1n) is 4.39. The number of benzene rings is 1. The van der Waals surface area contributed by atoms with E-state index in [-0.39, 0.29) is 30.0 Å². The van der Waals surface area contributed by atoms with Crippen LogP contribution in [0, 0.1) is 0 Å². The summed E-state index contributed by atoms with van der Waals surface area (Å²) in [6.07, 6.45) is 1.68. The Morgan fingerprint density at radius 2 is 1.94 bits per heavy atom. The first-order chi connectivity index (χ1) is 8.04. The Kier molecular flexibility index (Phi) is 8.49. The summed E-state index contributed by atoms with van der Waals surface area (Å²) >= 11 is 12.9. The largest absolute Gasteiger partial charge is 1.00 e. The molecule has 5 nitrogen and oxygen atoms in total. The second-order valence-electron chi connectivity index (χ2n) is 2.79. The van der Waals surface area contributed by atoms with Gasteiger partial charge in [-0.3, -0.25) is 5.32 Å². The number of nitrogens with two attached hydrogens (primary N) is 1. The van der Waals surface area contributed by atoms with Gasteiger partial charge in [-0.25, -0.2) is 10.1 Å². The van der Waals surface area contributed by atoms with Crippen molar-refractivity contribution in [3.05, 3.63) is 28.2 Å². The van der Waals surface area contributed by atoms with E-state index in [1.54, 1.807) is 24.5 Å². The second-order valence-corrected chi connectivity index (χ2v) is 4.10. The topological polar surface area (TPSA) is 78.4 Å². The number of urea groups is 2. The molecule has 0 saturated heterocycles. The van der Waals surface area contributed by atoms with Crippen LogP contribution < -0.4 is 40.3 Å². The second kappa shape index (κ2) is 8.68. The van der Waals surface area contributed by atoms with E-state index in [0.29, 0.717) is 15.7 Å². The number of para-hydroxylation sites is 1. The third-order valence-electron chi connectivity index (χ3n) is 1.60. The number of hydrogen-bond acceptors (Lipinski definition) is 2. The maximum atomic E-state index is 10.7. The molecule has 1 aromatic carbocycles.